The van der Waals surface area contributed by atoms with Gasteiger partial charge >= 0.3 is 12.1 Å². The third kappa shape index (κ3) is 4.94. The Balaban J connectivity index is 1.48. The van der Waals surface area contributed by atoms with E-state index < -0.39 is 30.6 Å². The van der Waals surface area contributed by atoms with Crippen LogP contribution in [0.3, 0.4) is 0 Å². The van der Waals surface area contributed by atoms with Crippen LogP contribution < -0.4 is 10.8 Å². The smallest absolute Gasteiger partial charge is 0.407 e. The van der Waals surface area contributed by atoms with Crippen molar-refractivity contribution in [3.05, 3.63) is 59.7 Å². The topological polar surface area (TPSA) is 123 Å². The molecule has 0 bridgehead atoms. The van der Waals surface area contributed by atoms with E-state index in [0.717, 1.165) is 22.3 Å². The minimum Gasteiger partial charge on any atom is -0.479 e. The summed E-state index contributed by atoms with van der Waals surface area (Å²) in [4.78, 5) is 39.4. The van der Waals surface area contributed by atoms with Crippen molar-refractivity contribution in [1.82, 2.24) is 10.8 Å². The minimum absolute atomic E-state index is 0.0920. The van der Waals surface area contributed by atoms with Crippen molar-refractivity contribution in [2.75, 3.05) is 26.9 Å². The van der Waals surface area contributed by atoms with Gasteiger partial charge in [-0.25, -0.2) is 15.1 Å². The molecule has 2 aromatic carbocycles. The van der Waals surface area contributed by atoms with Crippen molar-refractivity contribution in [2.45, 2.75) is 12.0 Å². The highest BCUT2D eigenvalue weighted by Gasteiger charge is 2.29. The molecule has 0 aromatic heterocycles. The number of amides is 2. The van der Waals surface area contributed by atoms with E-state index in [1.807, 2.05) is 54.0 Å². The number of hydrogen-bond acceptors (Lipinski definition) is 6. The Labute approximate surface area is 172 Å². The number of benzene rings is 2. The standard InChI is InChI=1S/C21H22N2O7/c1-28-12-18(20(25)26)30-23-19(24)10-22-21(27)29-11-17-15-8-4-2-6-13(15)14-7-3-5-9-16(14)17/h2-9,17-18H,10-12H2,1H3,(H,22,27)(H,23,24)(H,25,26). The van der Waals surface area contributed by atoms with Crippen LogP contribution in [0.15, 0.2) is 48.5 Å². The van der Waals surface area contributed by atoms with Crippen molar-refractivity contribution in [3.8, 4) is 11.1 Å². The fourth-order valence-corrected chi connectivity index (χ4v) is 3.28. The Morgan fingerprint density at radius 1 is 1.03 bits per heavy atom. The fraction of sp³-hybridized carbons (Fsp3) is 0.286. The van der Waals surface area contributed by atoms with Crippen LogP contribution in [0.1, 0.15) is 17.0 Å². The number of fused-ring (bicyclic) bond motifs is 3. The number of carboxylic acids is 1. The number of ether oxygens (including phenoxy) is 2. The summed E-state index contributed by atoms with van der Waals surface area (Å²) < 4.78 is 9.99. The zero-order valence-corrected chi connectivity index (χ0v) is 16.3. The average molecular weight is 414 g/mol. The molecular formula is C21H22N2O7. The number of carbonyl (C=O) groups is 3. The molecule has 0 aliphatic heterocycles. The Kier molecular flexibility index (Phi) is 6.99. The quantitative estimate of drug-likeness (QED) is 0.533. The maximum Gasteiger partial charge on any atom is 0.407 e. The highest BCUT2D eigenvalue weighted by Crippen LogP contribution is 2.44. The van der Waals surface area contributed by atoms with Crippen molar-refractivity contribution in [2.24, 2.45) is 0 Å². The van der Waals surface area contributed by atoms with Crippen LogP contribution in [0.2, 0.25) is 0 Å². The summed E-state index contributed by atoms with van der Waals surface area (Å²) in [6, 6.07) is 15.9. The molecule has 9 heteroatoms. The zero-order chi connectivity index (χ0) is 21.5. The number of carbonyl (C=O) groups excluding carboxylic acids is 2. The van der Waals surface area contributed by atoms with Gasteiger partial charge in [-0.2, -0.15) is 0 Å². The highest BCUT2D eigenvalue weighted by atomic mass is 16.7. The number of rotatable bonds is 9. The lowest BCUT2D eigenvalue weighted by Gasteiger charge is -2.15. The molecule has 1 aliphatic carbocycles. The molecule has 0 heterocycles. The molecule has 0 radical (unpaired) electrons. The summed E-state index contributed by atoms with van der Waals surface area (Å²) in [6.07, 6.45) is -2.12. The molecule has 1 atom stereocenters. The Morgan fingerprint density at radius 2 is 1.63 bits per heavy atom. The summed E-state index contributed by atoms with van der Waals surface area (Å²) >= 11 is 0. The van der Waals surface area contributed by atoms with E-state index in [-0.39, 0.29) is 19.1 Å². The Hall–Kier alpha value is -3.43. The number of aliphatic carboxylic acids is 1. The molecule has 0 spiro atoms. The van der Waals surface area contributed by atoms with E-state index in [1.165, 1.54) is 7.11 Å². The zero-order valence-electron chi connectivity index (χ0n) is 16.3. The molecule has 3 N–H and O–H groups in total. The molecule has 0 saturated heterocycles. The summed E-state index contributed by atoms with van der Waals surface area (Å²) in [5.41, 5.74) is 6.34. The predicted octanol–water partition coefficient (Wildman–Crippen LogP) is 1.67. The molecule has 0 fully saturated rings. The first-order chi connectivity index (χ1) is 14.5. The van der Waals surface area contributed by atoms with E-state index in [2.05, 4.69) is 10.1 Å². The summed E-state index contributed by atoms with van der Waals surface area (Å²) in [5, 5.41) is 11.2. The molecule has 30 heavy (non-hydrogen) atoms. The van der Waals surface area contributed by atoms with Gasteiger partial charge in [0.25, 0.3) is 5.91 Å². The van der Waals surface area contributed by atoms with Gasteiger partial charge in [0, 0.05) is 13.0 Å². The Morgan fingerprint density at radius 3 is 2.20 bits per heavy atom. The number of hydrogen-bond donors (Lipinski definition) is 3. The first-order valence-electron chi connectivity index (χ1n) is 9.26. The van der Waals surface area contributed by atoms with Gasteiger partial charge in [0.1, 0.15) is 13.2 Å². The monoisotopic (exact) mass is 414 g/mol. The normalized spacial score (nSPS) is 13.1. The van der Waals surface area contributed by atoms with Gasteiger partial charge in [0.2, 0.25) is 6.10 Å². The van der Waals surface area contributed by atoms with Crippen molar-refractivity contribution in [1.29, 1.82) is 0 Å². The average Bonchev–Trinajstić information content (AvgIpc) is 3.07. The van der Waals surface area contributed by atoms with E-state index >= 15 is 0 Å². The summed E-state index contributed by atoms with van der Waals surface area (Å²) in [5.74, 6) is -2.11. The fourth-order valence-electron chi connectivity index (χ4n) is 3.28. The molecule has 158 valence electrons. The van der Waals surface area contributed by atoms with Gasteiger partial charge < -0.3 is 19.9 Å². The van der Waals surface area contributed by atoms with Crippen LogP contribution in [0.25, 0.3) is 11.1 Å². The van der Waals surface area contributed by atoms with Gasteiger partial charge in [-0.15, -0.1) is 0 Å². The Bertz CT molecular complexity index is 886. The second-order valence-electron chi connectivity index (χ2n) is 6.60. The second-order valence-corrected chi connectivity index (χ2v) is 6.60. The number of hydroxylamine groups is 1. The third-order valence-electron chi connectivity index (χ3n) is 4.65. The van der Waals surface area contributed by atoms with Gasteiger partial charge in [-0.05, 0) is 22.3 Å². The van der Waals surface area contributed by atoms with Crippen molar-refractivity contribution in [3.63, 3.8) is 0 Å². The molecule has 2 amide bonds. The summed E-state index contributed by atoms with van der Waals surface area (Å²) in [6.45, 7) is -0.557. The number of nitrogens with one attached hydrogen (secondary N) is 2. The molecule has 2 aromatic rings. The van der Waals surface area contributed by atoms with Crippen LogP contribution in [0.4, 0.5) is 4.79 Å². The first-order valence-corrected chi connectivity index (χ1v) is 9.26. The van der Waals surface area contributed by atoms with Crippen LogP contribution >= 0.6 is 0 Å². The number of alkyl carbamates (subject to hydrolysis) is 1. The van der Waals surface area contributed by atoms with Crippen molar-refractivity contribution < 1.29 is 33.8 Å². The lowest BCUT2D eigenvalue weighted by molar-refractivity contribution is -0.164. The maximum atomic E-state index is 12.0. The minimum atomic E-state index is -1.35. The molecule has 9 nitrogen and oxygen atoms in total. The molecule has 1 aliphatic rings. The highest BCUT2D eigenvalue weighted by molar-refractivity contribution is 5.82. The van der Waals surface area contributed by atoms with Gasteiger partial charge in [0.05, 0.1) is 6.61 Å². The second kappa shape index (κ2) is 9.86. The molecular weight excluding hydrogens is 392 g/mol. The molecule has 3 rings (SSSR count). The third-order valence-corrected chi connectivity index (χ3v) is 4.65. The summed E-state index contributed by atoms with van der Waals surface area (Å²) in [7, 11) is 1.31. The van der Waals surface area contributed by atoms with Crippen LogP contribution in [0.5, 0.6) is 0 Å². The maximum absolute atomic E-state index is 12.0. The molecule has 1 unspecified atom stereocenters. The lowest BCUT2D eigenvalue weighted by atomic mass is 9.98. The van der Waals surface area contributed by atoms with E-state index in [4.69, 9.17) is 14.7 Å². The SMILES string of the molecule is COCC(ONC(=O)CNC(=O)OCC1c2ccccc2-c2ccccc21)C(=O)O. The molecule has 0 saturated carbocycles. The predicted molar refractivity (Wildman–Crippen MR) is 106 cm³/mol. The lowest BCUT2D eigenvalue weighted by Crippen LogP contribution is -2.42. The number of methoxy groups -OCH3 is 1. The number of carboxylic acid groups (broad SMARTS) is 1. The van der Waals surface area contributed by atoms with Crippen LogP contribution in [-0.2, 0) is 23.9 Å². The van der Waals surface area contributed by atoms with E-state index in [0.29, 0.717) is 0 Å². The van der Waals surface area contributed by atoms with Gasteiger partial charge in [0.15, 0.2) is 0 Å². The van der Waals surface area contributed by atoms with Crippen LogP contribution in [-0.4, -0.2) is 56.0 Å². The van der Waals surface area contributed by atoms with Crippen LogP contribution in [0, 0.1) is 0 Å². The van der Waals surface area contributed by atoms with Gasteiger partial charge in [-0.3, -0.25) is 9.63 Å². The van der Waals surface area contributed by atoms with E-state index in [1.54, 1.807) is 0 Å². The first kappa shape index (κ1) is 21.3. The van der Waals surface area contributed by atoms with E-state index in [9.17, 15) is 14.4 Å². The van der Waals surface area contributed by atoms with Gasteiger partial charge in [-0.1, -0.05) is 48.5 Å². The van der Waals surface area contributed by atoms with Crippen molar-refractivity contribution >= 4 is 18.0 Å². The largest absolute Gasteiger partial charge is 0.479 e.